The number of nitrogens with two attached hydrogens (primary N) is 1. The van der Waals surface area contributed by atoms with Crippen LogP contribution in [0.15, 0.2) is 12.4 Å². The first kappa shape index (κ1) is 9.19. The van der Waals surface area contributed by atoms with Crippen LogP contribution >= 0.6 is 0 Å². The molecular weight excluding hydrogens is 157 g/mol. The number of rotatable bonds is 3. The second-order valence-corrected chi connectivity index (χ2v) is 2.93. The highest BCUT2D eigenvalue weighted by Gasteiger charge is 2.29. The van der Waals surface area contributed by atoms with E-state index in [2.05, 4.69) is 5.10 Å². The van der Waals surface area contributed by atoms with E-state index >= 15 is 0 Å². The zero-order valence-corrected chi connectivity index (χ0v) is 7.42. The standard InChI is InChI=1S/C8H14FN3/c1-3-8(9,6-10)7-4-11-12(2)5-7/h4-5H,3,6,10H2,1-2H3. The Labute approximate surface area is 71.4 Å². The maximum atomic E-state index is 13.8. The minimum atomic E-state index is -1.41. The van der Waals surface area contributed by atoms with Gasteiger partial charge in [-0.05, 0) is 6.42 Å². The topological polar surface area (TPSA) is 43.8 Å². The van der Waals surface area contributed by atoms with Crippen molar-refractivity contribution in [2.45, 2.75) is 19.0 Å². The summed E-state index contributed by atoms with van der Waals surface area (Å²) >= 11 is 0. The lowest BCUT2D eigenvalue weighted by Crippen LogP contribution is -2.29. The van der Waals surface area contributed by atoms with Crippen LogP contribution < -0.4 is 5.73 Å². The third-order valence-corrected chi connectivity index (χ3v) is 2.11. The summed E-state index contributed by atoms with van der Waals surface area (Å²) in [5.74, 6) is 0. The zero-order valence-electron chi connectivity index (χ0n) is 7.42. The number of halogens is 1. The highest BCUT2D eigenvalue weighted by molar-refractivity contribution is 5.15. The van der Waals surface area contributed by atoms with Crippen molar-refractivity contribution in [3.05, 3.63) is 18.0 Å². The molecule has 1 heterocycles. The number of nitrogens with zero attached hydrogens (tertiary/aromatic N) is 2. The average molecular weight is 171 g/mol. The van der Waals surface area contributed by atoms with Gasteiger partial charge in [-0.25, -0.2) is 4.39 Å². The smallest absolute Gasteiger partial charge is 0.150 e. The van der Waals surface area contributed by atoms with E-state index in [1.807, 2.05) is 0 Å². The lowest BCUT2D eigenvalue weighted by atomic mass is 9.96. The van der Waals surface area contributed by atoms with Crippen LogP contribution in [0.4, 0.5) is 4.39 Å². The van der Waals surface area contributed by atoms with Crippen molar-refractivity contribution in [1.29, 1.82) is 0 Å². The maximum Gasteiger partial charge on any atom is 0.150 e. The Morgan fingerprint density at radius 3 is 2.75 bits per heavy atom. The molecule has 0 aliphatic carbocycles. The fourth-order valence-electron chi connectivity index (χ4n) is 1.12. The lowest BCUT2D eigenvalue weighted by molar-refractivity contribution is 0.169. The van der Waals surface area contributed by atoms with Crippen LogP contribution in [0.1, 0.15) is 18.9 Å². The Bertz CT molecular complexity index is 253. The molecule has 0 amide bonds. The summed E-state index contributed by atoms with van der Waals surface area (Å²) in [7, 11) is 1.76. The van der Waals surface area contributed by atoms with E-state index in [9.17, 15) is 4.39 Å². The molecule has 12 heavy (non-hydrogen) atoms. The van der Waals surface area contributed by atoms with Gasteiger partial charge < -0.3 is 5.73 Å². The van der Waals surface area contributed by atoms with Crippen LogP contribution in [0, 0.1) is 0 Å². The van der Waals surface area contributed by atoms with Crippen molar-refractivity contribution in [3.63, 3.8) is 0 Å². The van der Waals surface area contributed by atoms with Crippen molar-refractivity contribution in [2.24, 2.45) is 12.8 Å². The first-order valence-electron chi connectivity index (χ1n) is 4.00. The van der Waals surface area contributed by atoms with Crippen LogP contribution in [0.2, 0.25) is 0 Å². The summed E-state index contributed by atoms with van der Waals surface area (Å²) in [4.78, 5) is 0. The molecule has 3 nitrogen and oxygen atoms in total. The molecule has 1 aromatic rings. The SMILES string of the molecule is CCC(F)(CN)c1cnn(C)c1. The predicted octanol–water partition coefficient (Wildman–Crippen LogP) is 0.954. The van der Waals surface area contributed by atoms with Gasteiger partial charge in [-0.3, -0.25) is 4.68 Å². The Morgan fingerprint density at radius 2 is 2.42 bits per heavy atom. The average Bonchev–Trinajstić information content (AvgIpc) is 2.51. The molecular formula is C8H14FN3. The van der Waals surface area contributed by atoms with Crippen LogP contribution in [0.3, 0.4) is 0 Å². The third kappa shape index (κ3) is 1.48. The van der Waals surface area contributed by atoms with Gasteiger partial charge in [0, 0.05) is 25.4 Å². The number of aromatic nitrogens is 2. The van der Waals surface area contributed by atoms with Gasteiger partial charge in [-0.15, -0.1) is 0 Å². The van der Waals surface area contributed by atoms with Crippen molar-refractivity contribution in [1.82, 2.24) is 9.78 Å². The van der Waals surface area contributed by atoms with Crippen molar-refractivity contribution < 1.29 is 4.39 Å². The summed E-state index contributed by atoms with van der Waals surface area (Å²) in [6, 6.07) is 0. The van der Waals surface area contributed by atoms with Crippen molar-refractivity contribution in [2.75, 3.05) is 6.54 Å². The molecule has 4 heteroatoms. The molecule has 1 unspecified atom stereocenters. The quantitative estimate of drug-likeness (QED) is 0.736. The Morgan fingerprint density at radius 1 is 1.75 bits per heavy atom. The van der Waals surface area contributed by atoms with Crippen molar-refractivity contribution >= 4 is 0 Å². The summed E-state index contributed by atoms with van der Waals surface area (Å²) in [5.41, 5.74) is 4.50. The summed E-state index contributed by atoms with van der Waals surface area (Å²) in [6.07, 6.45) is 3.57. The monoisotopic (exact) mass is 171 g/mol. The normalized spacial score (nSPS) is 16.0. The first-order chi connectivity index (χ1) is 5.62. The van der Waals surface area contributed by atoms with Gasteiger partial charge in [0.15, 0.2) is 5.67 Å². The van der Waals surface area contributed by atoms with Crippen LogP contribution in [-0.4, -0.2) is 16.3 Å². The van der Waals surface area contributed by atoms with Crippen molar-refractivity contribution in [3.8, 4) is 0 Å². The van der Waals surface area contributed by atoms with Crippen LogP contribution in [-0.2, 0) is 12.7 Å². The predicted molar refractivity (Wildman–Crippen MR) is 45.3 cm³/mol. The third-order valence-electron chi connectivity index (χ3n) is 2.11. The van der Waals surface area contributed by atoms with E-state index in [0.717, 1.165) is 0 Å². The fourth-order valence-corrected chi connectivity index (χ4v) is 1.12. The van der Waals surface area contributed by atoms with Gasteiger partial charge in [0.1, 0.15) is 0 Å². The fraction of sp³-hybridized carbons (Fsp3) is 0.625. The molecule has 0 bridgehead atoms. The molecule has 0 aliphatic rings. The Balaban J connectivity index is 2.94. The van der Waals surface area contributed by atoms with Crippen LogP contribution in [0.25, 0.3) is 0 Å². The summed E-state index contributed by atoms with van der Waals surface area (Å²) in [5, 5.41) is 3.90. The molecule has 0 aromatic carbocycles. The van der Waals surface area contributed by atoms with Gasteiger partial charge >= 0.3 is 0 Å². The van der Waals surface area contributed by atoms with E-state index in [1.165, 1.54) is 6.20 Å². The van der Waals surface area contributed by atoms with Crippen LogP contribution in [0.5, 0.6) is 0 Å². The molecule has 1 atom stereocenters. The number of aryl methyl sites for hydroxylation is 1. The molecule has 0 spiro atoms. The van der Waals surface area contributed by atoms with Gasteiger partial charge in [0.25, 0.3) is 0 Å². The van der Waals surface area contributed by atoms with E-state index in [-0.39, 0.29) is 6.54 Å². The summed E-state index contributed by atoms with van der Waals surface area (Å²) in [6.45, 7) is 1.79. The maximum absolute atomic E-state index is 13.8. The number of hydrogen-bond acceptors (Lipinski definition) is 2. The second kappa shape index (κ2) is 3.23. The molecule has 0 radical (unpaired) electrons. The zero-order chi connectivity index (χ0) is 9.19. The minimum Gasteiger partial charge on any atom is -0.327 e. The van der Waals surface area contributed by atoms with E-state index in [4.69, 9.17) is 5.73 Å². The number of alkyl halides is 1. The Hall–Kier alpha value is -0.900. The van der Waals surface area contributed by atoms with Gasteiger partial charge in [0.05, 0.1) is 6.20 Å². The molecule has 0 fully saturated rings. The second-order valence-electron chi connectivity index (χ2n) is 2.93. The summed E-state index contributed by atoms with van der Waals surface area (Å²) < 4.78 is 15.4. The highest BCUT2D eigenvalue weighted by atomic mass is 19.1. The van der Waals surface area contributed by atoms with Gasteiger partial charge in [-0.1, -0.05) is 6.92 Å². The lowest BCUT2D eigenvalue weighted by Gasteiger charge is -2.19. The molecule has 1 aromatic heterocycles. The highest BCUT2D eigenvalue weighted by Crippen LogP contribution is 2.27. The molecule has 0 saturated carbocycles. The van der Waals surface area contributed by atoms with Gasteiger partial charge in [-0.2, -0.15) is 5.10 Å². The van der Waals surface area contributed by atoms with Gasteiger partial charge in [0.2, 0.25) is 0 Å². The molecule has 2 N–H and O–H groups in total. The largest absolute Gasteiger partial charge is 0.327 e. The molecule has 1 rings (SSSR count). The molecule has 0 aliphatic heterocycles. The minimum absolute atomic E-state index is 0.00912. The van der Waals surface area contributed by atoms with E-state index in [0.29, 0.717) is 12.0 Å². The molecule has 68 valence electrons. The van der Waals surface area contributed by atoms with E-state index < -0.39 is 5.67 Å². The Kier molecular flexibility index (Phi) is 2.47. The van der Waals surface area contributed by atoms with E-state index in [1.54, 1.807) is 24.9 Å². The first-order valence-corrected chi connectivity index (χ1v) is 4.00. The molecule has 0 saturated heterocycles. The number of hydrogen-bond donors (Lipinski definition) is 1.